The highest BCUT2D eigenvalue weighted by molar-refractivity contribution is 7.89. The molecule has 0 atom stereocenters. The van der Waals surface area contributed by atoms with Gasteiger partial charge in [0.15, 0.2) is 5.75 Å². The lowest BCUT2D eigenvalue weighted by molar-refractivity contribution is -0.145. The second-order valence-electron chi connectivity index (χ2n) is 4.14. The van der Waals surface area contributed by atoms with Crippen LogP contribution >= 0.6 is 0 Å². The SMILES string of the molecule is COC(=O)CS(=O)(=O)N1CCC(OCC(=O)O)CC1. The highest BCUT2D eigenvalue weighted by atomic mass is 32.2. The fourth-order valence-corrected chi connectivity index (χ4v) is 3.13. The van der Waals surface area contributed by atoms with Crippen molar-refractivity contribution in [2.24, 2.45) is 0 Å². The van der Waals surface area contributed by atoms with Crippen LogP contribution in [0.4, 0.5) is 0 Å². The minimum atomic E-state index is -3.66. The smallest absolute Gasteiger partial charge is 0.329 e. The number of carboxylic acids is 1. The minimum Gasteiger partial charge on any atom is -0.480 e. The third kappa shape index (κ3) is 5.13. The number of methoxy groups -OCH3 is 1. The molecule has 1 saturated heterocycles. The summed E-state index contributed by atoms with van der Waals surface area (Å²) in [7, 11) is -2.53. The molecule has 0 saturated carbocycles. The summed E-state index contributed by atoms with van der Waals surface area (Å²) in [6.07, 6.45) is 0.558. The quantitative estimate of drug-likeness (QED) is 0.629. The van der Waals surface area contributed by atoms with Crippen LogP contribution in [0, 0.1) is 0 Å². The number of rotatable bonds is 6. The van der Waals surface area contributed by atoms with Crippen LogP contribution < -0.4 is 0 Å². The van der Waals surface area contributed by atoms with Crippen LogP contribution in [0.5, 0.6) is 0 Å². The van der Waals surface area contributed by atoms with Crippen LogP contribution in [0.3, 0.4) is 0 Å². The monoisotopic (exact) mass is 295 g/mol. The fourth-order valence-electron chi connectivity index (χ4n) is 1.77. The van der Waals surface area contributed by atoms with Crippen molar-refractivity contribution >= 4 is 22.0 Å². The predicted octanol–water partition coefficient (Wildman–Crippen LogP) is -0.945. The van der Waals surface area contributed by atoms with E-state index in [0.29, 0.717) is 12.8 Å². The summed E-state index contributed by atoms with van der Waals surface area (Å²) in [5.41, 5.74) is 0. The molecule has 0 unspecified atom stereocenters. The summed E-state index contributed by atoms with van der Waals surface area (Å²) >= 11 is 0. The normalized spacial score (nSPS) is 18.2. The second-order valence-corrected chi connectivity index (χ2v) is 6.10. The minimum absolute atomic E-state index is 0.212. The van der Waals surface area contributed by atoms with Crippen molar-refractivity contribution in [3.05, 3.63) is 0 Å². The lowest BCUT2D eigenvalue weighted by Crippen LogP contribution is -2.43. The first kappa shape index (κ1) is 15.9. The first-order valence-corrected chi connectivity index (χ1v) is 7.34. The maximum atomic E-state index is 11.8. The molecule has 0 amide bonds. The molecule has 0 aliphatic carbocycles. The Morgan fingerprint density at radius 3 is 2.37 bits per heavy atom. The Labute approximate surface area is 111 Å². The molecule has 1 aliphatic heterocycles. The van der Waals surface area contributed by atoms with Gasteiger partial charge in [0.1, 0.15) is 6.61 Å². The van der Waals surface area contributed by atoms with Gasteiger partial charge in [-0.2, -0.15) is 0 Å². The van der Waals surface area contributed by atoms with E-state index in [0.717, 1.165) is 7.11 Å². The zero-order valence-electron chi connectivity index (χ0n) is 10.6. The summed E-state index contributed by atoms with van der Waals surface area (Å²) in [5.74, 6) is -2.53. The van der Waals surface area contributed by atoms with Crippen molar-refractivity contribution in [3.8, 4) is 0 Å². The van der Waals surface area contributed by atoms with Crippen molar-refractivity contribution in [2.75, 3.05) is 32.6 Å². The third-order valence-corrected chi connectivity index (χ3v) is 4.52. The Morgan fingerprint density at radius 2 is 1.89 bits per heavy atom. The Bertz CT molecular complexity index is 425. The van der Waals surface area contributed by atoms with Gasteiger partial charge in [0.25, 0.3) is 0 Å². The maximum Gasteiger partial charge on any atom is 0.329 e. The van der Waals surface area contributed by atoms with Gasteiger partial charge in [-0.05, 0) is 12.8 Å². The second kappa shape index (κ2) is 6.83. The number of piperidine rings is 1. The van der Waals surface area contributed by atoms with Gasteiger partial charge in [-0.1, -0.05) is 0 Å². The molecule has 1 heterocycles. The van der Waals surface area contributed by atoms with Gasteiger partial charge in [0.05, 0.1) is 13.2 Å². The summed E-state index contributed by atoms with van der Waals surface area (Å²) < 4.78 is 34.3. The van der Waals surface area contributed by atoms with Crippen molar-refractivity contribution in [1.29, 1.82) is 0 Å². The maximum absolute atomic E-state index is 11.8. The van der Waals surface area contributed by atoms with Gasteiger partial charge >= 0.3 is 11.9 Å². The molecule has 8 nitrogen and oxygen atoms in total. The van der Waals surface area contributed by atoms with Gasteiger partial charge in [0, 0.05) is 13.1 Å². The van der Waals surface area contributed by atoms with Crippen molar-refractivity contribution in [1.82, 2.24) is 4.31 Å². The molecule has 0 spiro atoms. The van der Waals surface area contributed by atoms with Crippen LogP contribution in [0.25, 0.3) is 0 Å². The molecule has 19 heavy (non-hydrogen) atoms. The number of hydrogen-bond acceptors (Lipinski definition) is 6. The van der Waals surface area contributed by atoms with E-state index in [1.807, 2.05) is 0 Å². The summed E-state index contributed by atoms with van der Waals surface area (Å²) in [6.45, 7) is 0.0345. The van der Waals surface area contributed by atoms with Crippen LogP contribution in [0.2, 0.25) is 0 Å². The van der Waals surface area contributed by atoms with Crippen LogP contribution in [-0.4, -0.2) is 68.4 Å². The summed E-state index contributed by atoms with van der Waals surface area (Å²) in [5, 5.41) is 8.47. The molecule has 9 heteroatoms. The number of esters is 1. The number of hydrogen-bond donors (Lipinski definition) is 1. The average molecular weight is 295 g/mol. The van der Waals surface area contributed by atoms with E-state index in [1.165, 1.54) is 4.31 Å². The number of sulfonamides is 1. The molecular formula is C10H17NO7S. The van der Waals surface area contributed by atoms with Crippen LogP contribution in [-0.2, 0) is 29.1 Å². The average Bonchev–Trinajstić information content (AvgIpc) is 2.36. The molecule has 1 fully saturated rings. The molecule has 0 aromatic heterocycles. The van der Waals surface area contributed by atoms with Gasteiger partial charge in [-0.25, -0.2) is 17.5 Å². The van der Waals surface area contributed by atoms with E-state index in [-0.39, 0.29) is 25.8 Å². The molecular weight excluding hydrogens is 278 g/mol. The van der Waals surface area contributed by atoms with E-state index in [9.17, 15) is 18.0 Å². The molecule has 0 radical (unpaired) electrons. The molecule has 0 bridgehead atoms. The van der Waals surface area contributed by atoms with E-state index in [1.54, 1.807) is 0 Å². The number of carbonyl (C=O) groups excluding carboxylic acids is 1. The molecule has 110 valence electrons. The molecule has 1 aliphatic rings. The lowest BCUT2D eigenvalue weighted by atomic mass is 10.1. The molecule has 0 aromatic carbocycles. The Kier molecular flexibility index (Phi) is 5.70. The number of nitrogens with zero attached hydrogens (tertiary/aromatic N) is 1. The van der Waals surface area contributed by atoms with E-state index >= 15 is 0 Å². The van der Waals surface area contributed by atoms with Crippen LogP contribution in [0.15, 0.2) is 0 Å². The highest BCUT2D eigenvalue weighted by Gasteiger charge is 2.30. The summed E-state index contributed by atoms with van der Waals surface area (Å²) in [4.78, 5) is 21.3. The standard InChI is InChI=1S/C10H17NO7S/c1-17-10(14)7-19(15,16)11-4-2-8(3-5-11)18-6-9(12)13/h8H,2-7H2,1H3,(H,12,13). The largest absolute Gasteiger partial charge is 0.480 e. The lowest BCUT2D eigenvalue weighted by Gasteiger charge is -2.30. The highest BCUT2D eigenvalue weighted by Crippen LogP contribution is 2.17. The van der Waals surface area contributed by atoms with Crippen molar-refractivity contribution in [2.45, 2.75) is 18.9 Å². The molecule has 1 N–H and O–H groups in total. The van der Waals surface area contributed by atoms with Gasteiger partial charge in [-0.3, -0.25) is 4.79 Å². The number of carbonyl (C=O) groups is 2. The predicted molar refractivity (Wildman–Crippen MR) is 64.0 cm³/mol. The first-order chi connectivity index (χ1) is 8.85. The number of ether oxygens (including phenoxy) is 2. The fraction of sp³-hybridized carbons (Fsp3) is 0.800. The Hall–Kier alpha value is -1.19. The topological polar surface area (TPSA) is 110 Å². The zero-order chi connectivity index (χ0) is 14.5. The van der Waals surface area contributed by atoms with Gasteiger partial charge in [0.2, 0.25) is 10.0 Å². The Balaban J connectivity index is 2.44. The Morgan fingerprint density at radius 1 is 1.32 bits per heavy atom. The van der Waals surface area contributed by atoms with Gasteiger partial charge in [-0.15, -0.1) is 0 Å². The first-order valence-electron chi connectivity index (χ1n) is 5.73. The van der Waals surface area contributed by atoms with E-state index in [2.05, 4.69) is 4.74 Å². The number of carboxylic acid groups (broad SMARTS) is 1. The van der Waals surface area contributed by atoms with Crippen LogP contribution in [0.1, 0.15) is 12.8 Å². The zero-order valence-corrected chi connectivity index (χ0v) is 11.4. The third-order valence-electron chi connectivity index (χ3n) is 2.76. The molecule has 1 rings (SSSR count). The van der Waals surface area contributed by atoms with Crippen molar-refractivity contribution in [3.63, 3.8) is 0 Å². The van der Waals surface area contributed by atoms with Crippen molar-refractivity contribution < 1.29 is 32.6 Å². The van der Waals surface area contributed by atoms with Gasteiger partial charge < -0.3 is 14.6 Å². The molecule has 0 aromatic rings. The van der Waals surface area contributed by atoms with E-state index < -0.39 is 27.7 Å². The van der Waals surface area contributed by atoms with E-state index in [4.69, 9.17) is 9.84 Å². The number of aliphatic carboxylic acids is 1. The summed E-state index contributed by atoms with van der Waals surface area (Å²) in [6, 6.07) is 0.